The Balaban J connectivity index is 1.27. The van der Waals surface area contributed by atoms with Gasteiger partial charge in [0.15, 0.2) is 10.9 Å². The van der Waals surface area contributed by atoms with Crippen LogP contribution in [0.4, 0.5) is 5.69 Å². The number of hydrogen-bond donors (Lipinski definition) is 2. The third-order valence-electron chi connectivity index (χ3n) is 6.23. The molecule has 0 aliphatic carbocycles. The van der Waals surface area contributed by atoms with Crippen molar-refractivity contribution in [3.8, 4) is 17.0 Å². The molecule has 7 nitrogen and oxygen atoms in total. The third kappa shape index (κ3) is 5.98. The Morgan fingerprint density at radius 2 is 1.77 bits per heavy atom. The number of aromatic nitrogens is 3. The van der Waals surface area contributed by atoms with E-state index in [1.165, 1.54) is 18.4 Å². The minimum Gasteiger partial charge on any atom is -0.451 e. The summed E-state index contributed by atoms with van der Waals surface area (Å²) in [4.78, 5) is 14.4. The molecule has 0 unspecified atom stereocenters. The molecule has 0 aliphatic rings. The van der Waals surface area contributed by atoms with Crippen LogP contribution in [0, 0.1) is 6.92 Å². The Labute approximate surface area is 241 Å². The molecule has 0 atom stereocenters. The third-order valence-corrected chi connectivity index (χ3v) is 7.26. The van der Waals surface area contributed by atoms with E-state index in [0.29, 0.717) is 32.6 Å². The summed E-state index contributed by atoms with van der Waals surface area (Å²) in [6.45, 7) is 4.12. The van der Waals surface area contributed by atoms with Crippen LogP contribution in [-0.2, 0) is 6.42 Å². The Hall–Kier alpha value is -3.72. The van der Waals surface area contributed by atoms with Gasteiger partial charge in [0, 0.05) is 11.3 Å². The molecule has 5 rings (SSSR count). The van der Waals surface area contributed by atoms with Gasteiger partial charge in [0.25, 0.3) is 5.91 Å². The number of thiocarbonyl (C=S) groups is 1. The number of nitrogens with one attached hydrogen (secondary N) is 2. The van der Waals surface area contributed by atoms with E-state index in [9.17, 15) is 4.79 Å². The molecule has 39 heavy (non-hydrogen) atoms. The second kappa shape index (κ2) is 11.6. The Bertz CT molecular complexity index is 1680. The van der Waals surface area contributed by atoms with Crippen molar-refractivity contribution in [2.45, 2.75) is 33.1 Å². The minimum atomic E-state index is -0.496. The van der Waals surface area contributed by atoms with Gasteiger partial charge in [-0.2, -0.15) is 4.80 Å². The van der Waals surface area contributed by atoms with Crippen molar-refractivity contribution in [3.05, 3.63) is 93.7 Å². The maximum Gasteiger partial charge on any atom is 0.293 e. The molecule has 0 saturated carbocycles. The molecule has 5 aromatic rings. The molecule has 0 saturated heterocycles. The van der Waals surface area contributed by atoms with Gasteiger partial charge in [-0.15, -0.1) is 10.2 Å². The van der Waals surface area contributed by atoms with E-state index in [-0.39, 0.29) is 10.9 Å². The number of unbranched alkanes of at least 4 members (excludes halogenated alkanes) is 1. The van der Waals surface area contributed by atoms with Gasteiger partial charge >= 0.3 is 0 Å². The zero-order chi connectivity index (χ0) is 27.5. The molecular weight excluding hydrogens is 553 g/mol. The molecule has 198 valence electrons. The highest BCUT2D eigenvalue weighted by Crippen LogP contribution is 2.34. The first-order chi connectivity index (χ1) is 18.8. The van der Waals surface area contributed by atoms with Gasteiger partial charge < -0.3 is 9.73 Å². The quantitative estimate of drug-likeness (QED) is 0.192. The van der Waals surface area contributed by atoms with Crippen molar-refractivity contribution in [3.63, 3.8) is 0 Å². The number of anilines is 1. The Morgan fingerprint density at radius 1 is 1.03 bits per heavy atom. The van der Waals surface area contributed by atoms with Crippen LogP contribution in [0.15, 0.2) is 71.1 Å². The van der Waals surface area contributed by atoms with Crippen LogP contribution in [0.5, 0.6) is 0 Å². The highest BCUT2D eigenvalue weighted by molar-refractivity contribution is 7.80. The monoisotopic (exact) mass is 577 g/mol. The molecule has 3 aromatic carbocycles. The van der Waals surface area contributed by atoms with E-state index >= 15 is 0 Å². The van der Waals surface area contributed by atoms with Crippen molar-refractivity contribution in [2.75, 3.05) is 5.32 Å². The number of amides is 1. The number of fused-ring (bicyclic) bond motifs is 1. The first kappa shape index (κ1) is 26.9. The fraction of sp³-hybridized carbons (Fsp3) is 0.172. The van der Waals surface area contributed by atoms with Gasteiger partial charge in [0.2, 0.25) is 0 Å². The molecule has 2 heterocycles. The van der Waals surface area contributed by atoms with Gasteiger partial charge in [0.05, 0.1) is 15.7 Å². The van der Waals surface area contributed by atoms with Gasteiger partial charge in [0.1, 0.15) is 16.8 Å². The molecule has 0 aliphatic heterocycles. The maximum absolute atomic E-state index is 12.8. The molecular formula is C29H25Cl2N5O2S. The zero-order valence-electron chi connectivity index (χ0n) is 21.3. The lowest BCUT2D eigenvalue weighted by Gasteiger charge is -2.11. The fourth-order valence-corrected chi connectivity index (χ4v) is 4.71. The zero-order valence-corrected chi connectivity index (χ0v) is 23.6. The van der Waals surface area contributed by atoms with E-state index in [4.69, 9.17) is 39.8 Å². The van der Waals surface area contributed by atoms with E-state index < -0.39 is 5.91 Å². The molecule has 2 N–H and O–H groups in total. The van der Waals surface area contributed by atoms with Crippen LogP contribution in [0.3, 0.4) is 0 Å². The largest absolute Gasteiger partial charge is 0.451 e. The van der Waals surface area contributed by atoms with Crippen molar-refractivity contribution in [1.82, 2.24) is 20.3 Å². The Kier molecular flexibility index (Phi) is 7.97. The number of nitrogens with zero attached hydrogens (tertiary/aromatic N) is 3. The first-order valence-corrected chi connectivity index (χ1v) is 13.6. The molecule has 10 heteroatoms. The Morgan fingerprint density at radius 3 is 2.51 bits per heavy atom. The van der Waals surface area contributed by atoms with Gasteiger partial charge in [-0.1, -0.05) is 54.7 Å². The highest BCUT2D eigenvalue weighted by Gasteiger charge is 2.17. The summed E-state index contributed by atoms with van der Waals surface area (Å²) in [5.41, 5.74) is 5.84. The average molecular weight is 579 g/mol. The van der Waals surface area contributed by atoms with Crippen LogP contribution >= 0.6 is 35.4 Å². The molecule has 0 spiro atoms. The van der Waals surface area contributed by atoms with Crippen molar-refractivity contribution < 1.29 is 9.21 Å². The number of carbonyl (C=O) groups excluding carboxylic acids is 1. The molecule has 1 amide bonds. The molecule has 0 radical (unpaired) electrons. The van der Waals surface area contributed by atoms with Crippen molar-refractivity contribution in [2.24, 2.45) is 0 Å². The summed E-state index contributed by atoms with van der Waals surface area (Å²) in [5, 5.41) is 15.9. The summed E-state index contributed by atoms with van der Waals surface area (Å²) in [7, 11) is 0. The number of benzene rings is 3. The molecule has 0 bridgehead atoms. The second-order valence-electron chi connectivity index (χ2n) is 9.09. The number of aryl methyl sites for hydroxylation is 2. The maximum atomic E-state index is 12.8. The smallest absolute Gasteiger partial charge is 0.293 e. The van der Waals surface area contributed by atoms with E-state index in [2.05, 4.69) is 39.9 Å². The van der Waals surface area contributed by atoms with Crippen molar-refractivity contribution in [1.29, 1.82) is 0 Å². The predicted molar refractivity (Wildman–Crippen MR) is 160 cm³/mol. The lowest BCUT2D eigenvalue weighted by atomic mass is 10.1. The van der Waals surface area contributed by atoms with E-state index in [1.54, 1.807) is 35.1 Å². The molecule has 2 aromatic heterocycles. The SMILES string of the molecule is CCCCc1ccc(-n2nc3cc(C)c(NC(=S)NC(=O)c4ccc(-c5cccc(Cl)c5Cl)o4)cc3n2)cc1. The standard InChI is InChI=1S/C29H25Cl2N5O2S/c1-3-4-6-18-9-11-19(12-10-18)36-34-23-15-17(2)22(16-24(23)35-36)32-29(39)33-28(37)26-14-13-25(38-26)20-7-5-8-21(30)27(20)31/h5,7-16H,3-4,6H2,1-2H3,(H2,32,33,37,39). The number of furan rings is 1. The summed E-state index contributed by atoms with van der Waals surface area (Å²) < 4.78 is 5.71. The minimum absolute atomic E-state index is 0.0843. The number of halogens is 2. The average Bonchev–Trinajstić information content (AvgIpc) is 3.57. The van der Waals surface area contributed by atoms with Crippen LogP contribution in [0.2, 0.25) is 10.0 Å². The normalized spacial score (nSPS) is 11.1. The lowest BCUT2D eigenvalue weighted by Crippen LogP contribution is -2.34. The van der Waals surface area contributed by atoms with Gasteiger partial charge in [-0.25, -0.2) is 0 Å². The number of hydrogen-bond acceptors (Lipinski definition) is 5. The van der Waals surface area contributed by atoms with Crippen LogP contribution < -0.4 is 10.6 Å². The van der Waals surface area contributed by atoms with E-state index in [1.807, 2.05) is 31.2 Å². The lowest BCUT2D eigenvalue weighted by molar-refractivity contribution is 0.0951. The number of rotatable bonds is 7. The number of carbonyl (C=O) groups is 1. The van der Waals surface area contributed by atoms with E-state index in [0.717, 1.165) is 23.2 Å². The topological polar surface area (TPSA) is 85.0 Å². The predicted octanol–water partition coefficient (Wildman–Crippen LogP) is 7.77. The van der Waals surface area contributed by atoms with Crippen LogP contribution in [-0.4, -0.2) is 26.0 Å². The highest BCUT2D eigenvalue weighted by atomic mass is 35.5. The fourth-order valence-electron chi connectivity index (χ4n) is 4.11. The second-order valence-corrected chi connectivity index (χ2v) is 10.3. The van der Waals surface area contributed by atoms with Crippen LogP contribution in [0.1, 0.15) is 41.4 Å². The van der Waals surface area contributed by atoms with Gasteiger partial charge in [-0.05, 0) is 91.6 Å². The van der Waals surface area contributed by atoms with Crippen molar-refractivity contribution >= 4 is 63.2 Å². The summed E-state index contributed by atoms with van der Waals surface area (Å²) in [6.07, 6.45) is 3.40. The van der Waals surface area contributed by atoms with Gasteiger partial charge in [-0.3, -0.25) is 10.1 Å². The van der Waals surface area contributed by atoms with Crippen LogP contribution in [0.25, 0.3) is 28.0 Å². The summed E-state index contributed by atoms with van der Waals surface area (Å²) >= 11 is 17.8. The summed E-state index contributed by atoms with van der Waals surface area (Å²) in [5.74, 6) is 0.0106. The first-order valence-electron chi connectivity index (χ1n) is 12.5. The summed E-state index contributed by atoms with van der Waals surface area (Å²) in [6, 6.07) is 20.5. The molecule has 0 fully saturated rings.